The number of nitrogens with zero attached hydrogens (tertiary/aromatic N) is 1. The van der Waals surface area contributed by atoms with Crippen molar-refractivity contribution >= 4 is 5.97 Å². The van der Waals surface area contributed by atoms with Crippen LogP contribution >= 0.6 is 0 Å². The summed E-state index contributed by atoms with van der Waals surface area (Å²) in [5, 5.41) is 9.45. The molecule has 1 N–H and O–H groups in total. The average molecular weight is 287 g/mol. The number of furan rings is 1. The second kappa shape index (κ2) is 6.11. The van der Waals surface area contributed by atoms with Crippen LogP contribution in [0.4, 0.5) is 0 Å². The first-order valence-corrected chi connectivity index (χ1v) is 6.92. The number of carboxylic acid groups (broad SMARTS) is 1. The molecule has 5 nitrogen and oxygen atoms in total. The molecule has 2 atom stereocenters. The second-order valence-electron chi connectivity index (χ2n) is 5.00. The quantitative estimate of drug-likeness (QED) is 0.933. The normalized spacial score (nSPS) is 21.0. The lowest BCUT2D eigenvalue weighted by molar-refractivity contribution is -0.151. The molecule has 5 heteroatoms. The number of hydrogen-bond acceptors (Lipinski definition) is 4. The molecule has 1 fully saturated rings. The SMILES string of the molecule is O=C(O)C1COCCN1C(c1ccccc1)c1ccco1. The minimum Gasteiger partial charge on any atom is -0.480 e. The summed E-state index contributed by atoms with van der Waals surface area (Å²) < 4.78 is 10.9. The first-order valence-electron chi connectivity index (χ1n) is 6.92. The standard InChI is InChI=1S/C16H17NO4/c18-16(19)13-11-20-10-8-17(13)15(14-7-4-9-21-14)12-5-2-1-3-6-12/h1-7,9,13,15H,8,10-11H2,(H,18,19). The lowest BCUT2D eigenvalue weighted by Gasteiger charge is -2.38. The van der Waals surface area contributed by atoms with Gasteiger partial charge in [0.15, 0.2) is 0 Å². The molecule has 0 bridgehead atoms. The summed E-state index contributed by atoms with van der Waals surface area (Å²) >= 11 is 0. The van der Waals surface area contributed by atoms with Crippen molar-refractivity contribution < 1.29 is 19.1 Å². The zero-order valence-corrected chi connectivity index (χ0v) is 11.5. The highest BCUT2D eigenvalue weighted by Crippen LogP contribution is 2.31. The van der Waals surface area contributed by atoms with Crippen LogP contribution in [-0.2, 0) is 9.53 Å². The molecule has 0 amide bonds. The summed E-state index contributed by atoms with van der Waals surface area (Å²) in [6, 6.07) is 12.6. The molecule has 0 spiro atoms. The van der Waals surface area contributed by atoms with Gasteiger partial charge in [0, 0.05) is 6.54 Å². The summed E-state index contributed by atoms with van der Waals surface area (Å²) in [5.74, 6) is -0.128. The van der Waals surface area contributed by atoms with Crippen LogP contribution in [0.3, 0.4) is 0 Å². The number of morpholine rings is 1. The summed E-state index contributed by atoms with van der Waals surface area (Å²) in [4.78, 5) is 13.4. The maximum absolute atomic E-state index is 11.5. The first kappa shape index (κ1) is 13.9. The van der Waals surface area contributed by atoms with Crippen LogP contribution in [-0.4, -0.2) is 41.8 Å². The number of ether oxygens (including phenoxy) is 1. The van der Waals surface area contributed by atoms with Crippen molar-refractivity contribution in [3.8, 4) is 0 Å². The van der Waals surface area contributed by atoms with Gasteiger partial charge in [0.1, 0.15) is 11.8 Å². The molecule has 110 valence electrons. The van der Waals surface area contributed by atoms with Crippen molar-refractivity contribution in [1.82, 2.24) is 4.90 Å². The topological polar surface area (TPSA) is 62.9 Å². The molecule has 0 saturated carbocycles. The van der Waals surface area contributed by atoms with Gasteiger partial charge in [-0.05, 0) is 17.7 Å². The molecular formula is C16H17NO4. The Morgan fingerprint density at radius 3 is 2.71 bits per heavy atom. The highest BCUT2D eigenvalue weighted by Gasteiger charge is 2.36. The maximum atomic E-state index is 11.5. The fourth-order valence-electron chi connectivity index (χ4n) is 2.74. The van der Waals surface area contributed by atoms with E-state index in [0.29, 0.717) is 13.2 Å². The highest BCUT2D eigenvalue weighted by atomic mass is 16.5. The van der Waals surface area contributed by atoms with Gasteiger partial charge in [-0.25, -0.2) is 0 Å². The smallest absolute Gasteiger partial charge is 0.323 e. The Labute approximate surface area is 122 Å². The van der Waals surface area contributed by atoms with Gasteiger partial charge in [-0.1, -0.05) is 30.3 Å². The van der Waals surface area contributed by atoms with Crippen LogP contribution in [0, 0.1) is 0 Å². The van der Waals surface area contributed by atoms with Gasteiger partial charge in [0.2, 0.25) is 0 Å². The van der Waals surface area contributed by atoms with E-state index in [9.17, 15) is 9.90 Å². The number of carboxylic acids is 1. The molecule has 2 aromatic rings. The summed E-state index contributed by atoms with van der Waals surface area (Å²) in [6.45, 7) is 1.27. The Morgan fingerprint density at radius 2 is 2.05 bits per heavy atom. The predicted octanol–water partition coefficient (Wildman–Crippen LogP) is 2.15. The number of carbonyl (C=O) groups is 1. The Kier molecular flexibility index (Phi) is 4.03. The molecule has 0 radical (unpaired) electrons. The Morgan fingerprint density at radius 1 is 1.24 bits per heavy atom. The second-order valence-corrected chi connectivity index (χ2v) is 5.00. The zero-order valence-electron chi connectivity index (χ0n) is 11.5. The molecule has 21 heavy (non-hydrogen) atoms. The minimum atomic E-state index is -0.873. The van der Waals surface area contributed by atoms with E-state index in [2.05, 4.69) is 0 Å². The van der Waals surface area contributed by atoms with E-state index in [-0.39, 0.29) is 12.6 Å². The van der Waals surface area contributed by atoms with E-state index >= 15 is 0 Å². The molecule has 1 aromatic heterocycles. The monoisotopic (exact) mass is 287 g/mol. The molecule has 1 aliphatic rings. The predicted molar refractivity (Wildman–Crippen MR) is 75.9 cm³/mol. The van der Waals surface area contributed by atoms with Crippen molar-refractivity contribution in [3.63, 3.8) is 0 Å². The number of aliphatic carboxylic acids is 1. The van der Waals surface area contributed by atoms with Gasteiger partial charge < -0.3 is 14.3 Å². The number of benzene rings is 1. The molecule has 3 rings (SSSR count). The van der Waals surface area contributed by atoms with E-state index in [0.717, 1.165) is 11.3 Å². The van der Waals surface area contributed by atoms with Crippen LogP contribution in [0.15, 0.2) is 53.1 Å². The Bertz CT molecular complexity index is 582. The number of rotatable bonds is 4. The third-order valence-electron chi connectivity index (χ3n) is 3.71. The molecule has 1 saturated heterocycles. The lowest BCUT2D eigenvalue weighted by atomic mass is 10.00. The fourth-order valence-corrected chi connectivity index (χ4v) is 2.74. The van der Waals surface area contributed by atoms with Crippen LogP contribution in [0.5, 0.6) is 0 Å². The van der Waals surface area contributed by atoms with E-state index < -0.39 is 12.0 Å². The molecule has 0 aliphatic carbocycles. The Balaban J connectivity index is 2.00. The molecule has 1 aliphatic heterocycles. The van der Waals surface area contributed by atoms with Gasteiger partial charge >= 0.3 is 5.97 Å². The summed E-state index contributed by atoms with van der Waals surface area (Å²) in [7, 11) is 0. The minimum absolute atomic E-state index is 0.194. The first-order chi connectivity index (χ1) is 10.3. The molecule has 2 unspecified atom stereocenters. The Hall–Kier alpha value is -2.11. The van der Waals surface area contributed by atoms with Crippen molar-refractivity contribution in [3.05, 3.63) is 60.1 Å². The summed E-state index contributed by atoms with van der Waals surface area (Å²) in [6.07, 6.45) is 1.61. The van der Waals surface area contributed by atoms with Crippen molar-refractivity contribution in [1.29, 1.82) is 0 Å². The summed E-state index contributed by atoms with van der Waals surface area (Å²) in [5.41, 5.74) is 1.01. The van der Waals surface area contributed by atoms with Gasteiger partial charge in [-0.3, -0.25) is 9.69 Å². The van der Waals surface area contributed by atoms with Crippen LogP contribution in [0.25, 0.3) is 0 Å². The largest absolute Gasteiger partial charge is 0.480 e. The third-order valence-corrected chi connectivity index (χ3v) is 3.71. The van der Waals surface area contributed by atoms with Gasteiger partial charge in [-0.15, -0.1) is 0 Å². The van der Waals surface area contributed by atoms with Crippen LogP contribution < -0.4 is 0 Å². The van der Waals surface area contributed by atoms with Gasteiger partial charge in [0.05, 0.1) is 25.5 Å². The van der Waals surface area contributed by atoms with Gasteiger partial charge in [-0.2, -0.15) is 0 Å². The highest BCUT2D eigenvalue weighted by molar-refractivity contribution is 5.74. The fraction of sp³-hybridized carbons (Fsp3) is 0.312. The van der Waals surface area contributed by atoms with E-state index in [1.54, 1.807) is 6.26 Å². The van der Waals surface area contributed by atoms with E-state index in [1.165, 1.54) is 0 Å². The van der Waals surface area contributed by atoms with Gasteiger partial charge in [0.25, 0.3) is 0 Å². The number of hydrogen-bond donors (Lipinski definition) is 1. The van der Waals surface area contributed by atoms with Crippen molar-refractivity contribution in [2.24, 2.45) is 0 Å². The van der Waals surface area contributed by atoms with E-state index in [4.69, 9.17) is 9.15 Å². The van der Waals surface area contributed by atoms with Crippen LogP contribution in [0.2, 0.25) is 0 Å². The average Bonchev–Trinajstić information content (AvgIpc) is 3.03. The molecular weight excluding hydrogens is 270 g/mol. The molecule has 2 heterocycles. The van der Waals surface area contributed by atoms with Crippen molar-refractivity contribution in [2.75, 3.05) is 19.8 Å². The van der Waals surface area contributed by atoms with Crippen molar-refractivity contribution in [2.45, 2.75) is 12.1 Å². The molecule has 1 aromatic carbocycles. The maximum Gasteiger partial charge on any atom is 0.323 e. The lowest BCUT2D eigenvalue weighted by Crippen LogP contribution is -2.51. The van der Waals surface area contributed by atoms with E-state index in [1.807, 2.05) is 47.4 Å². The van der Waals surface area contributed by atoms with Crippen LogP contribution in [0.1, 0.15) is 17.4 Å². The zero-order chi connectivity index (χ0) is 14.7. The third kappa shape index (κ3) is 2.84.